The van der Waals surface area contributed by atoms with Crippen molar-refractivity contribution in [1.29, 1.82) is 0 Å². The van der Waals surface area contributed by atoms with Crippen LogP contribution in [-0.4, -0.2) is 52.7 Å². The average Bonchev–Trinajstić information content (AvgIpc) is 3.15. The van der Waals surface area contributed by atoms with Crippen molar-refractivity contribution in [3.8, 4) is 0 Å². The Morgan fingerprint density at radius 2 is 1.74 bits per heavy atom. The molecule has 1 aliphatic carbocycles. The minimum Gasteiger partial charge on any atom is -0.566 e. The monoisotopic (exact) mass is 506 g/mol. The maximum atomic E-state index is 12.3. The highest BCUT2D eigenvalue weighted by atomic mass is 17.1. The number of quaternary nitrogens is 2. The summed E-state index contributed by atoms with van der Waals surface area (Å²) in [5.74, 6) is -0.145. The molecule has 35 heavy (non-hydrogen) atoms. The summed E-state index contributed by atoms with van der Waals surface area (Å²) in [4.78, 5) is 32.9. The number of ketones is 1. The van der Waals surface area contributed by atoms with Crippen LogP contribution in [0.5, 0.6) is 0 Å². The number of hydrogen-bond acceptors (Lipinski definition) is 10. The lowest BCUT2D eigenvalue weighted by molar-refractivity contribution is -1.21. The van der Waals surface area contributed by atoms with E-state index in [2.05, 4.69) is 16.6 Å². The molecule has 1 aliphatic rings. The Morgan fingerprint density at radius 1 is 1.09 bits per heavy atom. The number of nitrogens with one attached hydrogen (secondary N) is 2. The molecule has 12 nitrogen and oxygen atoms in total. The topological polar surface area (TPSA) is 178 Å². The van der Waals surface area contributed by atoms with E-state index < -0.39 is 42.2 Å². The first-order chi connectivity index (χ1) is 16.7. The molecule has 5 N–H and O–H groups in total. The van der Waals surface area contributed by atoms with E-state index in [0.29, 0.717) is 12.8 Å². The fourth-order valence-corrected chi connectivity index (χ4v) is 4.19. The molecule has 0 radical (unpaired) electrons. The number of carbonyl (C=O) groups is 2. The molecule has 0 heterocycles. The van der Waals surface area contributed by atoms with E-state index in [9.17, 15) is 25.1 Å². The SMILES string of the molecule is CCCCC[C@H](O)/C=C/[C@H]1CCC(=O)[C@@H]1CCCCCCC(=O)OC(CO[NH+]([O-])O)CO[NH+]([O-])O. The quantitative estimate of drug-likeness (QED) is 0.0684. The second-order valence-corrected chi connectivity index (χ2v) is 8.94. The van der Waals surface area contributed by atoms with Gasteiger partial charge in [-0.1, -0.05) is 68.4 Å². The van der Waals surface area contributed by atoms with Crippen molar-refractivity contribution in [1.82, 2.24) is 0 Å². The molecule has 0 aromatic rings. The number of aliphatic hydroxyl groups is 1. The molecule has 0 aromatic heterocycles. The van der Waals surface area contributed by atoms with Gasteiger partial charge in [0.05, 0.1) is 6.10 Å². The summed E-state index contributed by atoms with van der Waals surface area (Å²) in [5.41, 5.74) is 0. The summed E-state index contributed by atoms with van der Waals surface area (Å²) in [6.07, 6.45) is 11.5. The molecule has 0 aliphatic heterocycles. The van der Waals surface area contributed by atoms with Gasteiger partial charge >= 0.3 is 5.97 Å². The van der Waals surface area contributed by atoms with Crippen LogP contribution in [-0.2, 0) is 24.0 Å². The molecule has 1 rings (SSSR count). The fraction of sp³-hybridized carbons (Fsp3) is 0.826. The number of rotatable bonds is 20. The number of Topliss-reactive ketones (excluding diaryl/α,β-unsaturated/α-hetero) is 1. The largest absolute Gasteiger partial charge is 0.566 e. The van der Waals surface area contributed by atoms with E-state index in [4.69, 9.17) is 15.2 Å². The Hall–Kier alpha value is -1.48. The molecular weight excluding hydrogens is 464 g/mol. The number of aliphatic hydroxyl groups excluding tert-OH is 1. The number of esters is 1. The number of allylic oxidation sites excluding steroid dienone is 1. The summed E-state index contributed by atoms with van der Waals surface area (Å²) in [7, 11) is 0. The van der Waals surface area contributed by atoms with Gasteiger partial charge in [0.2, 0.25) is 0 Å². The van der Waals surface area contributed by atoms with Crippen molar-refractivity contribution in [2.75, 3.05) is 13.2 Å². The van der Waals surface area contributed by atoms with Gasteiger partial charge in [0.15, 0.2) is 19.3 Å². The normalized spacial score (nSPS) is 21.8. The number of carbonyl (C=O) groups excluding carboxylic acids is 2. The van der Waals surface area contributed by atoms with Crippen LogP contribution < -0.4 is 10.8 Å². The molecule has 0 bridgehead atoms. The highest BCUT2D eigenvalue weighted by Crippen LogP contribution is 2.34. The Balaban J connectivity index is 2.28. The zero-order chi connectivity index (χ0) is 26.1. The molecule has 1 saturated carbocycles. The molecule has 5 atom stereocenters. The molecule has 1 fully saturated rings. The summed E-state index contributed by atoms with van der Waals surface area (Å²) >= 11 is 0. The zero-order valence-electron chi connectivity index (χ0n) is 20.6. The lowest BCUT2D eigenvalue weighted by atomic mass is 9.89. The van der Waals surface area contributed by atoms with Crippen molar-refractivity contribution in [2.24, 2.45) is 11.8 Å². The summed E-state index contributed by atoms with van der Waals surface area (Å²) < 4.78 is 5.06. The van der Waals surface area contributed by atoms with Crippen LogP contribution in [0.2, 0.25) is 0 Å². The first-order valence-corrected chi connectivity index (χ1v) is 12.5. The van der Waals surface area contributed by atoms with Gasteiger partial charge in [-0.2, -0.15) is 20.1 Å². The van der Waals surface area contributed by atoms with E-state index in [1.54, 1.807) is 0 Å². The smallest absolute Gasteiger partial charge is 0.306 e. The zero-order valence-corrected chi connectivity index (χ0v) is 20.6. The van der Waals surface area contributed by atoms with Gasteiger partial charge in [-0.25, -0.2) is 0 Å². The molecule has 12 heteroatoms. The molecule has 0 aromatic carbocycles. The standard InChI is InChI=1S/C23H42N2O10/c1-2-3-6-9-19(26)14-12-18-13-15-22(27)21(18)10-7-4-5-8-11-23(28)35-20(16-33-24(29)30)17-34-25(31)32/h12,14,18-21,24-26,29,31H,2-11,13,15-17H2,1H3/b14-12+/t18-,19-,21+/m0/s1. The van der Waals surface area contributed by atoms with Crippen LogP contribution in [0.15, 0.2) is 12.2 Å². The van der Waals surface area contributed by atoms with Gasteiger partial charge in [-0.15, -0.1) is 0 Å². The van der Waals surface area contributed by atoms with Crippen molar-refractivity contribution >= 4 is 11.8 Å². The molecule has 0 amide bonds. The average molecular weight is 507 g/mol. The number of unbranched alkanes of at least 4 members (excludes halogenated alkanes) is 5. The molecule has 0 spiro atoms. The highest BCUT2D eigenvalue weighted by Gasteiger charge is 2.32. The van der Waals surface area contributed by atoms with E-state index in [-0.39, 0.29) is 24.0 Å². The molecule has 204 valence electrons. The van der Waals surface area contributed by atoms with Gasteiger partial charge in [0.1, 0.15) is 5.78 Å². The van der Waals surface area contributed by atoms with Crippen LogP contribution in [0, 0.1) is 22.3 Å². The van der Waals surface area contributed by atoms with Crippen LogP contribution in [0.25, 0.3) is 0 Å². The van der Waals surface area contributed by atoms with E-state index in [1.807, 2.05) is 12.2 Å². The second kappa shape index (κ2) is 18.7. The third-order valence-electron chi connectivity index (χ3n) is 6.07. The third-order valence-corrected chi connectivity index (χ3v) is 6.07. The van der Waals surface area contributed by atoms with Crippen molar-refractivity contribution in [2.45, 2.75) is 96.2 Å². The molecule has 2 unspecified atom stereocenters. The van der Waals surface area contributed by atoms with Crippen LogP contribution >= 0.6 is 0 Å². The minimum absolute atomic E-state index is 0.0108. The molecular formula is C23H42N2O10. The van der Waals surface area contributed by atoms with Gasteiger partial charge in [-0.05, 0) is 31.6 Å². The Kier molecular flexibility index (Phi) is 16.9. The van der Waals surface area contributed by atoms with Crippen molar-refractivity contribution in [3.05, 3.63) is 22.6 Å². The maximum Gasteiger partial charge on any atom is 0.306 e. The van der Waals surface area contributed by atoms with Crippen LogP contribution in [0.3, 0.4) is 0 Å². The number of hydrogen-bond donors (Lipinski definition) is 5. The van der Waals surface area contributed by atoms with Crippen LogP contribution in [0.1, 0.15) is 84.0 Å². The Labute approximate surface area is 206 Å². The van der Waals surface area contributed by atoms with E-state index in [1.165, 1.54) is 0 Å². The fourth-order valence-electron chi connectivity index (χ4n) is 4.19. The van der Waals surface area contributed by atoms with E-state index >= 15 is 0 Å². The van der Waals surface area contributed by atoms with Crippen LogP contribution in [0.4, 0.5) is 0 Å². The predicted octanol–water partition coefficient (Wildman–Crippen LogP) is 0.739. The van der Waals surface area contributed by atoms with Gasteiger partial charge in [0.25, 0.3) is 0 Å². The number of ether oxygens (including phenoxy) is 1. The lowest BCUT2D eigenvalue weighted by Crippen LogP contribution is -3.04. The van der Waals surface area contributed by atoms with E-state index in [0.717, 1.165) is 57.8 Å². The van der Waals surface area contributed by atoms with Gasteiger partial charge in [-0.3, -0.25) is 9.59 Å². The van der Waals surface area contributed by atoms with Crippen molar-refractivity contribution in [3.63, 3.8) is 0 Å². The lowest BCUT2D eigenvalue weighted by Gasteiger charge is -2.19. The van der Waals surface area contributed by atoms with Crippen molar-refractivity contribution < 1.29 is 50.3 Å². The van der Waals surface area contributed by atoms with Gasteiger partial charge in [0, 0.05) is 18.8 Å². The predicted molar refractivity (Wildman–Crippen MR) is 122 cm³/mol. The first kappa shape index (κ1) is 31.5. The summed E-state index contributed by atoms with van der Waals surface area (Å²) in [6.45, 7) is 1.09. The summed E-state index contributed by atoms with van der Waals surface area (Å²) in [5, 5.41) is 45.0. The molecule has 0 saturated heterocycles. The first-order valence-electron chi connectivity index (χ1n) is 12.5. The second-order valence-electron chi connectivity index (χ2n) is 8.94. The highest BCUT2D eigenvalue weighted by molar-refractivity contribution is 5.83. The third kappa shape index (κ3) is 15.3. The summed E-state index contributed by atoms with van der Waals surface area (Å²) in [6, 6.07) is 0. The Morgan fingerprint density at radius 3 is 2.37 bits per heavy atom. The Bertz CT molecular complexity index is 605. The maximum absolute atomic E-state index is 12.3. The minimum atomic E-state index is -1.57. The van der Waals surface area contributed by atoms with Gasteiger partial charge < -0.3 is 20.3 Å².